The molecule has 0 aliphatic rings. The molecule has 0 aliphatic heterocycles. The second kappa shape index (κ2) is 8.42. The van der Waals surface area contributed by atoms with E-state index in [9.17, 15) is 0 Å². The van der Waals surface area contributed by atoms with Gasteiger partial charge in [-0.3, -0.25) is 0 Å². The van der Waals surface area contributed by atoms with E-state index in [0.29, 0.717) is 6.61 Å². The van der Waals surface area contributed by atoms with Gasteiger partial charge in [0.2, 0.25) is 0 Å². The van der Waals surface area contributed by atoms with E-state index < -0.39 is 0 Å². The number of aliphatic hydroxyl groups is 1. The van der Waals surface area contributed by atoms with Gasteiger partial charge in [0.25, 0.3) is 0 Å². The molecule has 0 saturated heterocycles. The van der Waals surface area contributed by atoms with E-state index in [4.69, 9.17) is 21.4 Å². The summed E-state index contributed by atoms with van der Waals surface area (Å²) < 4.78 is 5.91. The fraction of sp³-hybridized carbons (Fsp3) is 0.158. The highest BCUT2D eigenvalue weighted by molar-refractivity contribution is 6.30. The molecule has 0 unspecified atom stereocenters. The zero-order valence-electron chi connectivity index (χ0n) is 12.3. The van der Waals surface area contributed by atoms with Crippen molar-refractivity contribution < 1.29 is 9.84 Å². The number of hydrogen-bond acceptors (Lipinski definition) is 2. The minimum Gasteiger partial charge on any atom is -0.489 e. The van der Waals surface area contributed by atoms with Crippen LogP contribution in [0.5, 0.6) is 5.75 Å². The van der Waals surface area contributed by atoms with Crippen LogP contribution in [-0.4, -0.2) is 11.7 Å². The molecule has 1 N–H and O–H groups in total. The Morgan fingerprint density at radius 2 is 1.91 bits per heavy atom. The van der Waals surface area contributed by atoms with Gasteiger partial charge in [-0.15, -0.1) is 6.58 Å². The Kier molecular flexibility index (Phi) is 6.26. The van der Waals surface area contributed by atoms with Crippen LogP contribution in [0.1, 0.15) is 16.7 Å². The molecule has 2 rings (SSSR count). The zero-order chi connectivity index (χ0) is 15.8. The van der Waals surface area contributed by atoms with E-state index >= 15 is 0 Å². The van der Waals surface area contributed by atoms with Crippen LogP contribution < -0.4 is 4.74 Å². The van der Waals surface area contributed by atoms with Crippen LogP contribution in [0.15, 0.2) is 61.2 Å². The molecule has 22 heavy (non-hydrogen) atoms. The summed E-state index contributed by atoms with van der Waals surface area (Å²) in [6.45, 7) is 4.32. The molecule has 2 aromatic carbocycles. The highest BCUT2D eigenvalue weighted by Gasteiger charge is 2.04. The Morgan fingerprint density at radius 3 is 2.59 bits per heavy atom. The molecular formula is C19H19ClO2. The van der Waals surface area contributed by atoms with Crippen LogP contribution in [0.2, 0.25) is 5.02 Å². The summed E-state index contributed by atoms with van der Waals surface area (Å²) in [5, 5.41) is 9.57. The van der Waals surface area contributed by atoms with Crippen molar-refractivity contribution in [3.63, 3.8) is 0 Å². The highest BCUT2D eigenvalue weighted by Crippen LogP contribution is 2.23. The summed E-state index contributed by atoms with van der Waals surface area (Å²) in [6, 6.07) is 13.6. The molecule has 0 heterocycles. The first-order chi connectivity index (χ1) is 10.7. The molecule has 0 radical (unpaired) electrons. The summed E-state index contributed by atoms with van der Waals surface area (Å²) in [7, 11) is 0. The van der Waals surface area contributed by atoms with E-state index in [0.717, 1.165) is 33.9 Å². The van der Waals surface area contributed by atoms with Crippen molar-refractivity contribution in [3.8, 4) is 5.75 Å². The van der Waals surface area contributed by atoms with Crippen molar-refractivity contribution in [1.82, 2.24) is 0 Å². The molecule has 2 aromatic rings. The number of halogens is 1. The summed E-state index contributed by atoms with van der Waals surface area (Å²) in [4.78, 5) is 0. The Morgan fingerprint density at radius 1 is 1.14 bits per heavy atom. The minimum absolute atomic E-state index is 0.0333. The number of allylic oxidation sites excluding steroid dienone is 1. The van der Waals surface area contributed by atoms with Crippen molar-refractivity contribution in [1.29, 1.82) is 0 Å². The van der Waals surface area contributed by atoms with Crippen LogP contribution in [-0.2, 0) is 13.0 Å². The third-order valence-electron chi connectivity index (χ3n) is 3.17. The average Bonchev–Trinajstić information content (AvgIpc) is 2.54. The number of rotatable bonds is 7. The van der Waals surface area contributed by atoms with Gasteiger partial charge >= 0.3 is 0 Å². The minimum atomic E-state index is 0.0333. The number of benzene rings is 2. The zero-order valence-corrected chi connectivity index (χ0v) is 13.1. The average molecular weight is 315 g/mol. The van der Waals surface area contributed by atoms with Gasteiger partial charge < -0.3 is 9.84 Å². The quantitative estimate of drug-likeness (QED) is 0.754. The first-order valence-corrected chi connectivity index (χ1v) is 7.49. The molecule has 0 aliphatic carbocycles. The lowest BCUT2D eigenvalue weighted by molar-refractivity contribution is 0.303. The van der Waals surface area contributed by atoms with Gasteiger partial charge in [0, 0.05) is 5.02 Å². The standard InChI is InChI=1S/C19H19ClO2/c1-2-4-17-13-15(5-3-12-21)8-11-19(17)22-14-16-6-9-18(20)10-7-16/h2-3,5-11,13,21H,1,4,12,14H2. The monoisotopic (exact) mass is 314 g/mol. The van der Waals surface area contributed by atoms with Crippen LogP contribution in [0.25, 0.3) is 6.08 Å². The third-order valence-corrected chi connectivity index (χ3v) is 3.42. The summed E-state index contributed by atoms with van der Waals surface area (Å²) in [5.74, 6) is 0.844. The molecule has 0 atom stereocenters. The van der Waals surface area contributed by atoms with E-state index in [1.807, 2.05) is 54.6 Å². The van der Waals surface area contributed by atoms with Crippen molar-refractivity contribution in [3.05, 3.63) is 82.9 Å². The number of hydrogen-bond donors (Lipinski definition) is 1. The van der Waals surface area contributed by atoms with Crippen molar-refractivity contribution in [2.24, 2.45) is 0 Å². The van der Waals surface area contributed by atoms with Crippen LogP contribution in [0, 0.1) is 0 Å². The molecule has 0 amide bonds. The second-order valence-corrected chi connectivity index (χ2v) is 5.30. The maximum absolute atomic E-state index is 8.85. The van der Waals surface area contributed by atoms with Gasteiger partial charge in [-0.25, -0.2) is 0 Å². The molecule has 114 valence electrons. The SMILES string of the molecule is C=CCc1cc(C=CCO)ccc1OCc1ccc(Cl)cc1. The van der Waals surface area contributed by atoms with Crippen molar-refractivity contribution in [2.75, 3.05) is 6.61 Å². The van der Waals surface area contributed by atoms with E-state index in [1.165, 1.54) is 0 Å². The van der Waals surface area contributed by atoms with Gasteiger partial charge in [-0.1, -0.05) is 48.0 Å². The van der Waals surface area contributed by atoms with E-state index in [1.54, 1.807) is 6.08 Å². The number of aliphatic hydroxyl groups excluding tert-OH is 1. The summed E-state index contributed by atoms with van der Waals surface area (Å²) >= 11 is 5.88. The summed E-state index contributed by atoms with van der Waals surface area (Å²) in [6.07, 6.45) is 6.18. The van der Waals surface area contributed by atoms with Gasteiger partial charge in [-0.2, -0.15) is 0 Å². The molecule has 3 heteroatoms. The second-order valence-electron chi connectivity index (χ2n) is 4.86. The van der Waals surface area contributed by atoms with Crippen molar-refractivity contribution >= 4 is 17.7 Å². The van der Waals surface area contributed by atoms with Crippen LogP contribution in [0.3, 0.4) is 0 Å². The Hall–Kier alpha value is -2.03. The third kappa shape index (κ3) is 4.76. The Labute approximate surface area is 136 Å². The first-order valence-electron chi connectivity index (χ1n) is 7.11. The highest BCUT2D eigenvalue weighted by atomic mass is 35.5. The van der Waals surface area contributed by atoms with Crippen LogP contribution in [0.4, 0.5) is 0 Å². The normalized spacial score (nSPS) is 10.8. The Balaban J connectivity index is 2.13. The van der Waals surface area contributed by atoms with Gasteiger partial charge in [-0.05, 0) is 47.4 Å². The maximum Gasteiger partial charge on any atom is 0.123 e. The molecule has 2 nitrogen and oxygen atoms in total. The molecule has 0 aromatic heterocycles. The fourth-order valence-corrected chi connectivity index (χ4v) is 2.22. The molecular weight excluding hydrogens is 296 g/mol. The van der Waals surface area contributed by atoms with Crippen molar-refractivity contribution in [2.45, 2.75) is 13.0 Å². The smallest absolute Gasteiger partial charge is 0.123 e. The lowest BCUT2D eigenvalue weighted by Gasteiger charge is -2.12. The van der Waals surface area contributed by atoms with E-state index in [2.05, 4.69) is 6.58 Å². The Bertz CT molecular complexity index is 645. The number of ether oxygens (including phenoxy) is 1. The lowest BCUT2D eigenvalue weighted by Crippen LogP contribution is -1.98. The van der Waals surface area contributed by atoms with E-state index in [-0.39, 0.29) is 6.61 Å². The molecule has 0 saturated carbocycles. The van der Waals surface area contributed by atoms with Gasteiger partial charge in [0.15, 0.2) is 0 Å². The maximum atomic E-state index is 8.85. The fourth-order valence-electron chi connectivity index (χ4n) is 2.09. The molecule has 0 bridgehead atoms. The first kappa shape index (κ1) is 16.3. The topological polar surface area (TPSA) is 29.5 Å². The largest absolute Gasteiger partial charge is 0.489 e. The van der Waals surface area contributed by atoms with Gasteiger partial charge in [0.1, 0.15) is 12.4 Å². The molecule has 0 fully saturated rings. The van der Waals surface area contributed by atoms with Gasteiger partial charge in [0.05, 0.1) is 6.61 Å². The predicted molar refractivity (Wildman–Crippen MR) is 92.2 cm³/mol. The van der Waals surface area contributed by atoms with Crippen LogP contribution >= 0.6 is 11.6 Å². The molecule has 0 spiro atoms. The lowest BCUT2D eigenvalue weighted by atomic mass is 10.1. The predicted octanol–water partition coefficient (Wildman–Crippen LogP) is 4.65. The summed E-state index contributed by atoms with van der Waals surface area (Å²) in [5.41, 5.74) is 3.17.